The first-order chi connectivity index (χ1) is 6.81. The molecule has 0 fully saturated rings. The number of hydrogen-bond acceptors (Lipinski definition) is 2. The summed E-state index contributed by atoms with van der Waals surface area (Å²) in [6, 6.07) is 7.64. The van der Waals surface area contributed by atoms with E-state index in [0.29, 0.717) is 6.42 Å². The van der Waals surface area contributed by atoms with Gasteiger partial charge in [-0.1, -0.05) is 18.2 Å². The molecule has 0 radical (unpaired) electrons. The number of benzene rings is 1. The summed E-state index contributed by atoms with van der Waals surface area (Å²) in [5.41, 5.74) is 1.72. The molecule has 1 aromatic carbocycles. The molecule has 72 valence electrons. The molecular weight excluding hydrogens is 200 g/mol. The fraction of sp³-hybridized carbons (Fsp3) is 0.182. The number of hydrogen-bond donors (Lipinski definition) is 0. The van der Waals surface area contributed by atoms with E-state index in [1.165, 1.54) is 0 Å². The van der Waals surface area contributed by atoms with Gasteiger partial charge in [0.15, 0.2) is 5.78 Å². The number of fused-ring (bicyclic) bond motifs is 1. The number of alkyl halides is 1. The van der Waals surface area contributed by atoms with Crippen LogP contribution in [0.5, 0.6) is 0 Å². The summed E-state index contributed by atoms with van der Waals surface area (Å²) in [5, 5.41) is 0.992. The molecule has 0 spiro atoms. The molecule has 0 saturated heterocycles. The number of carbonyl (C=O) groups excluding carboxylic acids is 1. The molecular formula is C11H9ClO2. The maximum atomic E-state index is 11.1. The molecule has 0 saturated carbocycles. The smallest absolute Gasteiger partial charge is 0.152 e. The summed E-state index contributed by atoms with van der Waals surface area (Å²) in [6.07, 6.45) is 1.97. The molecule has 0 N–H and O–H groups in total. The van der Waals surface area contributed by atoms with Gasteiger partial charge in [-0.25, -0.2) is 0 Å². The summed E-state index contributed by atoms with van der Waals surface area (Å²) >= 11 is 5.44. The van der Waals surface area contributed by atoms with Crippen LogP contribution in [-0.4, -0.2) is 11.7 Å². The molecule has 0 atom stereocenters. The molecule has 2 aromatic rings. The Hall–Kier alpha value is -1.28. The van der Waals surface area contributed by atoms with Crippen LogP contribution in [-0.2, 0) is 11.2 Å². The molecule has 14 heavy (non-hydrogen) atoms. The van der Waals surface area contributed by atoms with Crippen molar-refractivity contribution in [2.24, 2.45) is 0 Å². The molecule has 0 bridgehead atoms. The number of rotatable bonds is 3. The van der Waals surface area contributed by atoms with Gasteiger partial charge in [0.1, 0.15) is 5.58 Å². The van der Waals surface area contributed by atoms with E-state index in [-0.39, 0.29) is 11.7 Å². The van der Waals surface area contributed by atoms with Crippen LogP contribution in [0.3, 0.4) is 0 Å². The average molecular weight is 209 g/mol. The minimum Gasteiger partial charge on any atom is -0.464 e. The lowest BCUT2D eigenvalue weighted by atomic mass is 10.1. The molecule has 0 amide bonds. The van der Waals surface area contributed by atoms with E-state index in [1.807, 2.05) is 24.3 Å². The highest BCUT2D eigenvalue weighted by atomic mass is 35.5. The molecule has 0 aliphatic rings. The third-order valence-corrected chi connectivity index (χ3v) is 2.40. The quantitative estimate of drug-likeness (QED) is 0.727. The van der Waals surface area contributed by atoms with Gasteiger partial charge >= 0.3 is 0 Å². The van der Waals surface area contributed by atoms with Gasteiger partial charge in [0.25, 0.3) is 0 Å². The number of Topliss-reactive ketones (excluding diaryl/α,β-unsaturated/α-hetero) is 1. The van der Waals surface area contributed by atoms with Gasteiger partial charge in [0.05, 0.1) is 12.1 Å². The first-order valence-corrected chi connectivity index (χ1v) is 4.87. The molecule has 1 aromatic heterocycles. The summed E-state index contributed by atoms with van der Waals surface area (Å²) in [5.74, 6) is 0.0673. The van der Waals surface area contributed by atoms with Crippen molar-refractivity contribution in [3.8, 4) is 0 Å². The summed E-state index contributed by atoms with van der Waals surface area (Å²) in [4.78, 5) is 11.1. The summed E-state index contributed by atoms with van der Waals surface area (Å²) in [7, 11) is 0. The Bertz CT molecular complexity index is 459. The molecule has 0 unspecified atom stereocenters. The van der Waals surface area contributed by atoms with Gasteiger partial charge in [-0.15, -0.1) is 11.6 Å². The van der Waals surface area contributed by atoms with E-state index in [9.17, 15) is 4.79 Å². The zero-order valence-corrected chi connectivity index (χ0v) is 8.25. The lowest BCUT2D eigenvalue weighted by Crippen LogP contribution is -2.02. The molecule has 0 aliphatic heterocycles. The monoisotopic (exact) mass is 208 g/mol. The predicted molar refractivity (Wildman–Crippen MR) is 55.6 cm³/mol. The van der Waals surface area contributed by atoms with Crippen LogP contribution in [0, 0.1) is 0 Å². The summed E-state index contributed by atoms with van der Waals surface area (Å²) in [6.45, 7) is 0. The first-order valence-electron chi connectivity index (χ1n) is 4.34. The van der Waals surface area contributed by atoms with Crippen molar-refractivity contribution in [3.05, 3.63) is 36.1 Å². The fourth-order valence-corrected chi connectivity index (χ4v) is 1.52. The Labute approximate surface area is 86.5 Å². The second kappa shape index (κ2) is 3.84. The SMILES string of the molecule is O=C(CCl)Cc1coc2ccccc12. The van der Waals surface area contributed by atoms with Crippen molar-refractivity contribution in [2.45, 2.75) is 6.42 Å². The van der Waals surface area contributed by atoms with Crippen LogP contribution in [0.1, 0.15) is 5.56 Å². The number of para-hydroxylation sites is 1. The van der Waals surface area contributed by atoms with Crippen LogP contribution in [0.4, 0.5) is 0 Å². The van der Waals surface area contributed by atoms with Crippen molar-refractivity contribution >= 4 is 28.4 Å². The van der Waals surface area contributed by atoms with Gasteiger partial charge in [0, 0.05) is 17.4 Å². The highest BCUT2D eigenvalue weighted by molar-refractivity contribution is 6.27. The van der Waals surface area contributed by atoms with Gasteiger partial charge in [-0.3, -0.25) is 4.79 Å². The highest BCUT2D eigenvalue weighted by Gasteiger charge is 2.08. The Morgan fingerprint density at radius 3 is 2.93 bits per heavy atom. The van der Waals surface area contributed by atoms with Crippen LogP contribution < -0.4 is 0 Å². The standard InChI is InChI=1S/C11H9ClO2/c12-6-9(13)5-8-7-14-11-4-2-1-3-10(8)11/h1-4,7H,5-6H2. The topological polar surface area (TPSA) is 30.2 Å². The van der Waals surface area contributed by atoms with E-state index in [1.54, 1.807) is 6.26 Å². The lowest BCUT2D eigenvalue weighted by molar-refractivity contribution is -0.116. The third-order valence-electron chi connectivity index (χ3n) is 2.10. The molecule has 2 nitrogen and oxygen atoms in total. The maximum absolute atomic E-state index is 11.1. The van der Waals surface area contributed by atoms with Gasteiger partial charge in [-0.2, -0.15) is 0 Å². The first kappa shape index (κ1) is 9.28. The number of furan rings is 1. The molecule has 2 rings (SSSR count). The van der Waals surface area contributed by atoms with Crippen molar-refractivity contribution in [2.75, 3.05) is 5.88 Å². The highest BCUT2D eigenvalue weighted by Crippen LogP contribution is 2.21. The average Bonchev–Trinajstić information content (AvgIpc) is 2.62. The van der Waals surface area contributed by atoms with Crippen molar-refractivity contribution in [1.29, 1.82) is 0 Å². The maximum Gasteiger partial charge on any atom is 0.152 e. The van der Waals surface area contributed by atoms with Crippen LogP contribution >= 0.6 is 11.6 Å². The fourth-order valence-electron chi connectivity index (χ4n) is 1.43. The van der Waals surface area contributed by atoms with Crippen molar-refractivity contribution in [3.63, 3.8) is 0 Å². The number of carbonyl (C=O) groups is 1. The zero-order chi connectivity index (χ0) is 9.97. The third kappa shape index (κ3) is 1.66. The van der Waals surface area contributed by atoms with Crippen LogP contribution in [0.15, 0.2) is 34.9 Å². The molecule has 0 aliphatic carbocycles. The van der Waals surface area contributed by atoms with E-state index >= 15 is 0 Å². The van der Waals surface area contributed by atoms with Crippen molar-refractivity contribution < 1.29 is 9.21 Å². The van der Waals surface area contributed by atoms with E-state index in [0.717, 1.165) is 16.5 Å². The van der Waals surface area contributed by atoms with E-state index in [4.69, 9.17) is 16.0 Å². The van der Waals surface area contributed by atoms with Crippen LogP contribution in [0.25, 0.3) is 11.0 Å². The Kier molecular flexibility index (Phi) is 2.55. The minimum atomic E-state index is 0.0122. The second-order valence-corrected chi connectivity index (χ2v) is 3.37. The van der Waals surface area contributed by atoms with Gasteiger partial charge in [-0.05, 0) is 6.07 Å². The van der Waals surface area contributed by atoms with E-state index < -0.39 is 0 Å². The lowest BCUT2D eigenvalue weighted by Gasteiger charge is -1.93. The van der Waals surface area contributed by atoms with E-state index in [2.05, 4.69) is 0 Å². The minimum absolute atomic E-state index is 0.0122. The predicted octanol–water partition coefficient (Wildman–Crippen LogP) is 2.78. The molecule has 1 heterocycles. The Morgan fingerprint density at radius 1 is 1.36 bits per heavy atom. The second-order valence-electron chi connectivity index (χ2n) is 3.11. The zero-order valence-electron chi connectivity index (χ0n) is 7.50. The van der Waals surface area contributed by atoms with Gasteiger partial charge in [0.2, 0.25) is 0 Å². The summed E-state index contributed by atoms with van der Waals surface area (Å²) < 4.78 is 5.30. The van der Waals surface area contributed by atoms with Crippen molar-refractivity contribution in [1.82, 2.24) is 0 Å². The van der Waals surface area contributed by atoms with Crippen LogP contribution in [0.2, 0.25) is 0 Å². The Balaban J connectivity index is 2.38. The number of halogens is 1. The Morgan fingerprint density at radius 2 is 2.14 bits per heavy atom. The molecule has 3 heteroatoms. The van der Waals surface area contributed by atoms with Gasteiger partial charge < -0.3 is 4.42 Å². The number of ketones is 1. The normalized spacial score (nSPS) is 10.6. The largest absolute Gasteiger partial charge is 0.464 e.